The molecule has 1 unspecified atom stereocenters. The molecule has 0 aliphatic carbocycles. The Morgan fingerprint density at radius 3 is 2.29 bits per heavy atom. The van der Waals surface area contributed by atoms with Crippen LogP contribution in [0.3, 0.4) is 0 Å². The fraction of sp³-hybridized carbons (Fsp3) is 0.154. The maximum absolute atomic E-state index is 9.35. The van der Waals surface area contributed by atoms with Gasteiger partial charge in [0.1, 0.15) is 0 Å². The predicted molar refractivity (Wildman–Crippen MR) is 70.4 cm³/mol. The molecule has 0 fully saturated rings. The molecule has 88 valence electrons. The van der Waals surface area contributed by atoms with E-state index < -0.39 is 6.10 Å². The highest BCUT2D eigenvalue weighted by Crippen LogP contribution is 2.28. The Bertz CT molecular complexity index is 482. The molecule has 2 nitrogen and oxygen atoms in total. The summed E-state index contributed by atoms with van der Waals surface area (Å²) >= 11 is 7.43. The summed E-state index contributed by atoms with van der Waals surface area (Å²) in [4.78, 5) is 6.35. The first-order valence-corrected chi connectivity index (χ1v) is 6.42. The zero-order valence-electron chi connectivity index (χ0n) is 9.30. The second kappa shape index (κ2) is 5.54. The lowest BCUT2D eigenvalue weighted by Crippen LogP contribution is -1.94. The van der Waals surface area contributed by atoms with E-state index in [0.717, 1.165) is 14.8 Å². The Morgan fingerprint density at radius 2 is 1.76 bits per heavy atom. The van der Waals surface area contributed by atoms with Crippen LogP contribution in [0.4, 0.5) is 0 Å². The maximum Gasteiger partial charge on any atom is 0.0931 e. The zero-order valence-corrected chi connectivity index (χ0v) is 10.9. The number of benzene rings is 1. The van der Waals surface area contributed by atoms with Crippen LogP contribution in [-0.4, -0.2) is 10.1 Å². The van der Waals surface area contributed by atoms with E-state index >= 15 is 0 Å². The predicted octanol–water partition coefficient (Wildman–Crippen LogP) is 3.94. The highest BCUT2D eigenvalue weighted by Gasteiger charge is 2.03. The number of hydrogen-bond donors (Lipinski definition) is 1. The SMILES string of the molecule is CC(O)c1ccc(Sc2ccc(Cl)cc2)cn1. The summed E-state index contributed by atoms with van der Waals surface area (Å²) in [6, 6.07) is 11.4. The number of aromatic nitrogens is 1. The number of hydrogen-bond acceptors (Lipinski definition) is 3. The molecule has 17 heavy (non-hydrogen) atoms. The standard InChI is InChI=1S/C13H12ClNOS/c1-9(16)13-7-6-12(8-15-13)17-11-4-2-10(14)3-5-11/h2-9,16H,1H3. The van der Waals surface area contributed by atoms with Crippen LogP contribution in [-0.2, 0) is 0 Å². The zero-order chi connectivity index (χ0) is 12.3. The van der Waals surface area contributed by atoms with Crippen LogP contribution in [0, 0.1) is 0 Å². The van der Waals surface area contributed by atoms with Crippen molar-refractivity contribution in [1.29, 1.82) is 0 Å². The van der Waals surface area contributed by atoms with Gasteiger partial charge in [0.15, 0.2) is 0 Å². The summed E-state index contributed by atoms with van der Waals surface area (Å²) in [7, 11) is 0. The molecule has 0 saturated carbocycles. The van der Waals surface area contributed by atoms with Crippen LogP contribution in [0.25, 0.3) is 0 Å². The molecule has 0 spiro atoms. The van der Waals surface area contributed by atoms with Gasteiger partial charge < -0.3 is 5.11 Å². The Morgan fingerprint density at radius 1 is 1.12 bits per heavy atom. The lowest BCUT2D eigenvalue weighted by Gasteiger charge is -2.05. The Kier molecular flexibility index (Phi) is 4.05. The molecule has 1 aromatic carbocycles. The van der Waals surface area contributed by atoms with Gasteiger partial charge in [0, 0.05) is 21.0 Å². The monoisotopic (exact) mass is 265 g/mol. The van der Waals surface area contributed by atoms with Crippen molar-refractivity contribution < 1.29 is 5.11 Å². The van der Waals surface area contributed by atoms with Crippen molar-refractivity contribution in [1.82, 2.24) is 4.98 Å². The van der Waals surface area contributed by atoms with E-state index in [1.165, 1.54) is 0 Å². The van der Waals surface area contributed by atoms with Crippen LogP contribution in [0.5, 0.6) is 0 Å². The molecule has 0 aliphatic heterocycles. The van der Waals surface area contributed by atoms with Gasteiger partial charge in [-0.25, -0.2) is 0 Å². The number of aliphatic hydroxyl groups excluding tert-OH is 1. The summed E-state index contributed by atoms with van der Waals surface area (Å²) in [5, 5.41) is 10.1. The second-order valence-electron chi connectivity index (χ2n) is 3.65. The summed E-state index contributed by atoms with van der Waals surface area (Å²) in [5.41, 5.74) is 0.686. The molecule has 1 aromatic heterocycles. The van der Waals surface area contributed by atoms with E-state index in [1.807, 2.05) is 36.4 Å². The summed E-state index contributed by atoms with van der Waals surface area (Å²) in [6.07, 6.45) is 1.24. The third-order valence-electron chi connectivity index (χ3n) is 2.24. The Balaban J connectivity index is 2.11. The number of nitrogens with zero attached hydrogens (tertiary/aromatic N) is 1. The minimum absolute atomic E-state index is 0.524. The third-order valence-corrected chi connectivity index (χ3v) is 3.47. The smallest absolute Gasteiger partial charge is 0.0931 e. The van der Waals surface area contributed by atoms with E-state index in [0.29, 0.717) is 5.69 Å². The van der Waals surface area contributed by atoms with Gasteiger partial charge in [-0.3, -0.25) is 4.98 Å². The van der Waals surface area contributed by atoms with E-state index in [2.05, 4.69) is 4.98 Å². The number of rotatable bonds is 3. The van der Waals surface area contributed by atoms with Gasteiger partial charge in [-0.1, -0.05) is 23.4 Å². The molecule has 2 aromatic rings. The molecule has 0 radical (unpaired) electrons. The summed E-state index contributed by atoms with van der Waals surface area (Å²) < 4.78 is 0. The first kappa shape index (κ1) is 12.4. The van der Waals surface area contributed by atoms with E-state index in [1.54, 1.807) is 24.9 Å². The molecule has 0 saturated heterocycles. The van der Waals surface area contributed by atoms with Crippen LogP contribution >= 0.6 is 23.4 Å². The van der Waals surface area contributed by atoms with Crippen LogP contribution < -0.4 is 0 Å². The molecule has 1 atom stereocenters. The van der Waals surface area contributed by atoms with Crippen LogP contribution in [0.2, 0.25) is 5.02 Å². The van der Waals surface area contributed by atoms with Crippen molar-refractivity contribution >= 4 is 23.4 Å². The molecule has 4 heteroatoms. The largest absolute Gasteiger partial charge is 0.387 e. The van der Waals surface area contributed by atoms with Crippen molar-refractivity contribution in [2.24, 2.45) is 0 Å². The first-order chi connectivity index (χ1) is 8.15. The molecule has 2 rings (SSSR count). The van der Waals surface area contributed by atoms with Gasteiger partial charge >= 0.3 is 0 Å². The fourth-order valence-corrected chi connectivity index (χ4v) is 2.25. The van der Waals surface area contributed by atoms with Crippen molar-refractivity contribution in [2.45, 2.75) is 22.8 Å². The number of pyridine rings is 1. The topological polar surface area (TPSA) is 33.1 Å². The van der Waals surface area contributed by atoms with Crippen molar-refractivity contribution in [2.75, 3.05) is 0 Å². The lowest BCUT2D eigenvalue weighted by molar-refractivity contribution is 0.194. The summed E-state index contributed by atoms with van der Waals surface area (Å²) in [6.45, 7) is 1.70. The van der Waals surface area contributed by atoms with E-state index in [9.17, 15) is 5.11 Å². The fourth-order valence-electron chi connectivity index (χ4n) is 1.34. The van der Waals surface area contributed by atoms with Gasteiger partial charge in [-0.2, -0.15) is 0 Å². The summed E-state index contributed by atoms with van der Waals surface area (Å²) in [5.74, 6) is 0. The van der Waals surface area contributed by atoms with Crippen molar-refractivity contribution in [3.05, 3.63) is 53.3 Å². The third kappa shape index (κ3) is 3.46. The second-order valence-corrected chi connectivity index (χ2v) is 5.23. The molecule has 1 N–H and O–H groups in total. The molecule has 0 aliphatic rings. The highest BCUT2D eigenvalue weighted by molar-refractivity contribution is 7.99. The minimum Gasteiger partial charge on any atom is -0.387 e. The van der Waals surface area contributed by atoms with Gasteiger partial charge in [0.05, 0.1) is 11.8 Å². The van der Waals surface area contributed by atoms with Crippen LogP contribution in [0.15, 0.2) is 52.4 Å². The molecule has 0 amide bonds. The Labute approximate surface area is 110 Å². The first-order valence-electron chi connectivity index (χ1n) is 5.22. The quantitative estimate of drug-likeness (QED) is 0.913. The van der Waals surface area contributed by atoms with Gasteiger partial charge in [-0.15, -0.1) is 0 Å². The van der Waals surface area contributed by atoms with Crippen LogP contribution in [0.1, 0.15) is 18.7 Å². The van der Waals surface area contributed by atoms with Crippen molar-refractivity contribution in [3.8, 4) is 0 Å². The average Bonchev–Trinajstić information content (AvgIpc) is 2.33. The van der Waals surface area contributed by atoms with E-state index in [4.69, 9.17) is 11.6 Å². The molecule has 1 heterocycles. The number of halogens is 1. The number of aliphatic hydroxyl groups is 1. The minimum atomic E-state index is -0.524. The van der Waals surface area contributed by atoms with Crippen molar-refractivity contribution in [3.63, 3.8) is 0 Å². The Hall–Kier alpha value is -1.03. The van der Waals surface area contributed by atoms with Gasteiger partial charge in [0.25, 0.3) is 0 Å². The van der Waals surface area contributed by atoms with E-state index in [-0.39, 0.29) is 0 Å². The normalized spacial score (nSPS) is 12.4. The lowest BCUT2D eigenvalue weighted by atomic mass is 10.2. The average molecular weight is 266 g/mol. The molecular formula is C13H12ClNOS. The maximum atomic E-state index is 9.35. The van der Waals surface area contributed by atoms with Gasteiger partial charge in [-0.05, 0) is 43.3 Å². The highest BCUT2D eigenvalue weighted by atomic mass is 35.5. The molecule has 0 bridgehead atoms. The molecular weight excluding hydrogens is 254 g/mol. The van der Waals surface area contributed by atoms with Gasteiger partial charge in [0.2, 0.25) is 0 Å².